The molecule has 7 heteroatoms. The van der Waals surface area contributed by atoms with Gasteiger partial charge in [-0.25, -0.2) is 0 Å². The molecule has 0 radical (unpaired) electrons. The highest BCUT2D eigenvalue weighted by molar-refractivity contribution is 7.19. The van der Waals surface area contributed by atoms with E-state index in [4.69, 9.17) is 4.74 Å². The second kappa shape index (κ2) is 4.17. The summed E-state index contributed by atoms with van der Waals surface area (Å²) >= 11 is 1.41. The molecule has 102 valence electrons. The van der Waals surface area contributed by atoms with Crippen LogP contribution in [0, 0.1) is 0 Å². The summed E-state index contributed by atoms with van der Waals surface area (Å²) in [6.45, 7) is 0. The number of nitrogens with zero attached hydrogens (tertiary/aromatic N) is 4. The normalized spacial score (nSPS) is 14.8. The Bertz CT molecular complexity index is 791. The predicted octanol–water partition coefficient (Wildman–Crippen LogP) is 2.44. The predicted molar refractivity (Wildman–Crippen MR) is 74.3 cm³/mol. The first-order chi connectivity index (χ1) is 9.78. The molecule has 1 aliphatic carbocycles. The van der Waals surface area contributed by atoms with Crippen molar-refractivity contribution < 1.29 is 9.84 Å². The maximum absolute atomic E-state index is 10.2. The molecule has 3 aromatic rings. The number of benzene rings is 1. The molecule has 20 heavy (non-hydrogen) atoms. The van der Waals surface area contributed by atoms with Gasteiger partial charge in [0.1, 0.15) is 0 Å². The zero-order valence-corrected chi connectivity index (χ0v) is 11.6. The van der Waals surface area contributed by atoms with E-state index >= 15 is 0 Å². The molecule has 0 amide bonds. The smallest absolute Gasteiger partial charge is 0.234 e. The second-order valence-electron chi connectivity index (χ2n) is 4.79. The quantitative estimate of drug-likeness (QED) is 0.801. The highest BCUT2D eigenvalue weighted by Gasteiger charge is 2.30. The van der Waals surface area contributed by atoms with Gasteiger partial charge in [-0.1, -0.05) is 17.4 Å². The van der Waals surface area contributed by atoms with Crippen LogP contribution in [0.15, 0.2) is 18.2 Å². The molecule has 1 saturated carbocycles. The molecule has 0 unspecified atom stereocenters. The van der Waals surface area contributed by atoms with Gasteiger partial charge in [0.15, 0.2) is 22.3 Å². The Kier molecular flexibility index (Phi) is 2.43. The van der Waals surface area contributed by atoms with E-state index in [1.165, 1.54) is 18.4 Å². The summed E-state index contributed by atoms with van der Waals surface area (Å²) in [5.41, 5.74) is 0.654. The average Bonchev–Trinajstić information content (AvgIpc) is 3.08. The third-order valence-electron chi connectivity index (χ3n) is 3.41. The summed E-state index contributed by atoms with van der Waals surface area (Å²) in [6.07, 6.45) is 2.30. The number of hydrogen-bond acceptors (Lipinski definition) is 6. The highest BCUT2D eigenvalue weighted by atomic mass is 32.1. The van der Waals surface area contributed by atoms with Crippen LogP contribution in [0.5, 0.6) is 11.5 Å². The molecule has 6 nitrogen and oxygen atoms in total. The number of methoxy groups -OCH3 is 1. The Morgan fingerprint density at radius 3 is 2.95 bits per heavy atom. The van der Waals surface area contributed by atoms with E-state index in [0.717, 1.165) is 23.6 Å². The zero-order chi connectivity index (χ0) is 13.7. The van der Waals surface area contributed by atoms with Gasteiger partial charge in [-0.15, -0.1) is 10.2 Å². The minimum absolute atomic E-state index is 0.105. The minimum atomic E-state index is 0.105. The SMILES string of the molecule is COc1cccc(-c2nn3c(C4CC4)nnc3s2)c1O. The summed E-state index contributed by atoms with van der Waals surface area (Å²) in [7, 11) is 1.53. The van der Waals surface area contributed by atoms with Gasteiger partial charge in [0.25, 0.3) is 0 Å². The zero-order valence-electron chi connectivity index (χ0n) is 10.8. The van der Waals surface area contributed by atoms with Crippen molar-refractivity contribution in [2.24, 2.45) is 0 Å². The maximum atomic E-state index is 10.2. The minimum Gasteiger partial charge on any atom is -0.504 e. The standard InChI is InChI=1S/C13H12N4O2S/c1-19-9-4-2-3-8(10(9)18)12-16-17-11(7-5-6-7)14-15-13(17)20-12/h2-4,7,18H,5-6H2,1H3. The number of para-hydroxylation sites is 1. The van der Waals surface area contributed by atoms with E-state index in [2.05, 4.69) is 15.3 Å². The second-order valence-corrected chi connectivity index (χ2v) is 5.75. The molecule has 0 atom stereocenters. The molecule has 1 aromatic carbocycles. The van der Waals surface area contributed by atoms with Crippen LogP contribution >= 0.6 is 11.3 Å². The number of hydrogen-bond donors (Lipinski definition) is 1. The molecule has 0 saturated heterocycles. The van der Waals surface area contributed by atoms with Crippen molar-refractivity contribution in [1.82, 2.24) is 19.8 Å². The molecule has 4 rings (SSSR count). The van der Waals surface area contributed by atoms with Gasteiger partial charge >= 0.3 is 0 Å². The van der Waals surface area contributed by atoms with E-state index in [9.17, 15) is 5.11 Å². The number of phenolic OH excluding ortho intramolecular Hbond substituents is 1. The van der Waals surface area contributed by atoms with Gasteiger partial charge in [0, 0.05) is 5.92 Å². The number of ether oxygens (including phenoxy) is 1. The monoisotopic (exact) mass is 288 g/mol. The van der Waals surface area contributed by atoms with Gasteiger partial charge in [-0.3, -0.25) is 0 Å². The van der Waals surface area contributed by atoms with Crippen molar-refractivity contribution in [1.29, 1.82) is 0 Å². The summed E-state index contributed by atoms with van der Waals surface area (Å²) in [4.78, 5) is 0.754. The van der Waals surface area contributed by atoms with Gasteiger partial charge < -0.3 is 9.84 Å². The lowest BCUT2D eigenvalue weighted by atomic mass is 10.2. The third kappa shape index (κ3) is 1.66. The van der Waals surface area contributed by atoms with E-state index in [1.54, 1.807) is 10.6 Å². The van der Waals surface area contributed by atoms with Crippen LogP contribution in [0.4, 0.5) is 0 Å². The van der Waals surface area contributed by atoms with E-state index in [-0.39, 0.29) is 5.75 Å². The van der Waals surface area contributed by atoms with Crippen molar-refractivity contribution in [2.45, 2.75) is 18.8 Å². The van der Waals surface area contributed by atoms with Crippen molar-refractivity contribution >= 4 is 16.3 Å². The fourth-order valence-electron chi connectivity index (χ4n) is 2.20. The summed E-state index contributed by atoms with van der Waals surface area (Å²) < 4.78 is 6.91. The van der Waals surface area contributed by atoms with Crippen molar-refractivity contribution in [3.05, 3.63) is 24.0 Å². The van der Waals surface area contributed by atoms with Gasteiger partial charge in [-0.05, 0) is 25.0 Å². The van der Waals surface area contributed by atoms with Crippen LogP contribution in [0.1, 0.15) is 24.6 Å². The van der Waals surface area contributed by atoms with Crippen LogP contribution in [0.2, 0.25) is 0 Å². The molecule has 0 aliphatic heterocycles. The fourth-order valence-corrected chi connectivity index (χ4v) is 3.07. The first kappa shape index (κ1) is 11.7. The average molecular weight is 288 g/mol. The van der Waals surface area contributed by atoms with Crippen molar-refractivity contribution in [3.8, 4) is 22.1 Å². The maximum Gasteiger partial charge on any atom is 0.234 e. The first-order valence-corrected chi connectivity index (χ1v) is 7.18. The van der Waals surface area contributed by atoms with E-state index in [1.807, 2.05) is 12.1 Å². The summed E-state index contributed by atoms with van der Waals surface area (Å²) in [5, 5.41) is 23.8. The Morgan fingerprint density at radius 1 is 1.35 bits per heavy atom. The lowest BCUT2D eigenvalue weighted by Gasteiger charge is -2.05. The molecule has 1 N–H and O–H groups in total. The lowest BCUT2D eigenvalue weighted by molar-refractivity contribution is 0.374. The molecule has 0 spiro atoms. The topological polar surface area (TPSA) is 72.5 Å². The van der Waals surface area contributed by atoms with Crippen LogP contribution in [0.25, 0.3) is 15.5 Å². The Morgan fingerprint density at radius 2 is 2.20 bits per heavy atom. The van der Waals surface area contributed by atoms with Crippen LogP contribution in [-0.2, 0) is 0 Å². The third-order valence-corrected chi connectivity index (χ3v) is 4.34. The molecular formula is C13H12N4O2S. The molecule has 1 aliphatic rings. The molecule has 0 bridgehead atoms. The summed E-state index contributed by atoms with van der Waals surface area (Å²) in [5.74, 6) is 1.95. The number of rotatable bonds is 3. The van der Waals surface area contributed by atoms with Crippen molar-refractivity contribution in [3.63, 3.8) is 0 Å². The first-order valence-electron chi connectivity index (χ1n) is 6.36. The molecule has 2 aromatic heterocycles. The van der Waals surface area contributed by atoms with Crippen LogP contribution < -0.4 is 4.74 Å². The van der Waals surface area contributed by atoms with E-state index in [0.29, 0.717) is 22.2 Å². The Balaban J connectivity index is 1.86. The van der Waals surface area contributed by atoms with Crippen molar-refractivity contribution in [2.75, 3.05) is 7.11 Å². The van der Waals surface area contributed by atoms with E-state index < -0.39 is 0 Å². The van der Waals surface area contributed by atoms with Crippen LogP contribution in [0.3, 0.4) is 0 Å². The summed E-state index contributed by atoms with van der Waals surface area (Å²) in [6, 6.07) is 5.37. The van der Waals surface area contributed by atoms with Gasteiger partial charge in [-0.2, -0.15) is 9.61 Å². The Hall–Kier alpha value is -2.15. The number of aromatic nitrogens is 4. The molecule has 1 fully saturated rings. The molecular weight excluding hydrogens is 276 g/mol. The van der Waals surface area contributed by atoms with Gasteiger partial charge in [0.2, 0.25) is 4.96 Å². The lowest BCUT2D eigenvalue weighted by Crippen LogP contribution is -1.93. The largest absolute Gasteiger partial charge is 0.504 e. The van der Waals surface area contributed by atoms with Gasteiger partial charge in [0.05, 0.1) is 12.7 Å². The number of aromatic hydroxyl groups is 1. The number of phenols is 1. The fraction of sp³-hybridized carbons (Fsp3) is 0.308. The van der Waals surface area contributed by atoms with Crippen LogP contribution in [-0.4, -0.2) is 32.0 Å². The number of fused-ring (bicyclic) bond motifs is 1. The molecule has 2 heterocycles. The highest BCUT2D eigenvalue weighted by Crippen LogP contribution is 2.41. The Labute approximate surface area is 118 Å².